The van der Waals surface area contributed by atoms with Crippen LogP contribution in [0.25, 0.3) is 0 Å². The number of nitrogens with zero attached hydrogens (tertiary/aromatic N) is 2. The predicted molar refractivity (Wildman–Crippen MR) is 176 cm³/mol. The van der Waals surface area contributed by atoms with Gasteiger partial charge in [0.1, 0.15) is 12.6 Å². The van der Waals surface area contributed by atoms with Gasteiger partial charge in [-0.25, -0.2) is 8.42 Å². The van der Waals surface area contributed by atoms with Crippen molar-refractivity contribution in [1.82, 2.24) is 10.2 Å². The molecule has 44 heavy (non-hydrogen) atoms. The molecule has 0 saturated heterocycles. The first kappa shape index (κ1) is 32.5. The lowest BCUT2D eigenvalue weighted by atomic mass is 10.0. The van der Waals surface area contributed by atoms with Gasteiger partial charge in [-0.15, -0.1) is 0 Å². The fraction of sp³-hybridized carbons (Fsp3) is 0.278. The third-order valence-corrected chi connectivity index (χ3v) is 9.39. The Morgan fingerprint density at radius 3 is 2.00 bits per heavy atom. The Morgan fingerprint density at radius 1 is 0.773 bits per heavy atom. The topological polar surface area (TPSA) is 86.8 Å². The second-order valence-electron chi connectivity index (χ2n) is 11.2. The van der Waals surface area contributed by atoms with E-state index in [1.54, 1.807) is 36.4 Å². The van der Waals surface area contributed by atoms with Gasteiger partial charge in [-0.05, 0) is 86.7 Å². The molecule has 0 unspecified atom stereocenters. The minimum atomic E-state index is -4.14. The van der Waals surface area contributed by atoms with Crippen molar-refractivity contribution in [2.45, 2.75) is 58.5 Å². The van der Waals surface area contributed by atoms with E-state index in [-0.39, 0.29) is 23.8 Å². The molecule has 230 valence electrons. The van der Waals surface area contributed by atoms with Crippen LogP contribution in [0.5, 0.6) is 0 Å². The highest BCUT2D eigenvalue weighted by Gasteiger charge is 2.34. The number of hydrogen-bond acceptors (Lipinski definition) is 4. The highest BCUT2D eigenvalue weighted by atomic mass is 32.2. The fourth-order valence-electron chi connectivity index (χ4n) is 5.28. The second-order valence-corrected chi connectivity index (χ2v) is 13.1. The minimum Gasteiger partial charge on any atom is -0.355 e. The Balaban J connectivity index is 1.83. The highest BCUT2D eigenvalue weighted by molar-refractivity contribution is 7.92. The second kappa shape index (κ2) is 14.4. The van der Waals surface area contributed by atoms with E-state index in [4.69, 9.17) is 0 Å². The van der Waals surface area contributed by atoms with Gasteiger partial charge in [0.2, 0.25) is 11.8 Å². The Kier molecular flexibility index (Phi) is 10.6. The van der Waals surface area contributed by atoms with Gasteiger partial charge in [0.15, 0.2) is 0 Å². The van der Waals surface area contributed by atoms with Crippen molar-refractivity contribution >= 4 is 27.5 Å². The number of hydrogen-bond donors (Lipinski definition) is 1. The lowest BCUT2D eigenvalue weighted by Gasteiger charge is -2.34. The Bertz CT molecular complexity index is 1680. The van der Waals surface area contributed by atoms with Crippen molar-refractivity contribution < 1.29 is 18.0 Å². The van der Waals surface area contributed by atoms with Crippen LogP contribution in [0.15, 0.2) is 102 Å². The van der Waals surface area contributed by atoms with Crippen molar-refractivity contribution in [3.8, 4) is 0 Å². The molecule has 8 heteroatoms. The number of likely N-dealkylation sites (N-methyl/N-ethyl adjacent to an activating group) is 1. The Labute approximate surface area is 261 Å². The van der Waals surface area contributed by atoms with E-state index in [2.05, 4.69) is 5.32 Å². The molecule has 0 aliphatic heterocycles. The van der Waals surface area contributed by atoms with Gasteiger partial charge in [0.25, 0.3) is 10.0 Å². The molecule has 0 radical (unpaired) electrons. The summed E-state index contributed by atoms with van der Waals surface area (Å²) in [6.45, 7) is 9.53. The number of carbonyl (C=O) groups excluding carboxylic acids is 2. The summed E-state index contributed by atoms with van der Waals surface area (Å²) in [5, 5.41) is 2.90. The van der Waals surface area contributed by atoms with Gasteiger partial charge >= 0.3 is 0 Å². The fourth-order valence-corrected chi connectivity index (χ4v) is 6.68. The maximum absolute atomic E-state index is 14.5. The molecule has 0 fully saturated rings. The molecule has 0 spiro atoms. The number of sulfonamides is 1. The first-order chi connectivity index (χ1) is 21.0. The van der Waals surface area contributed by atoms with E-state index in [9.17, 15) is 18.0 Å². The zero-order valence-electron chi connectivity index (χ0n) is 26.1. The summed E-state index contributed by atoms with van der Waals surface area (Å²) < 4.78 is 29.6. The first-order valence-electron chi connectivity index (χ1n) is 14.8. The molecule has 1 atom stereocenters. The van der Waals surface area contributed by atoms with Crippen molar-refractivity contribution in [1.29, 1.82) is 0 Å². The van der Waals surface area contributed by atoms with Crippen LogP contribution in [-0.4, -0.2) is 44.3 Å². The quantitative estimate of drug-likeness (QED) is 0.216. The minimum absolute atomic E-state index is 0.0880. The zero-order chi connectivity index (χ0) is 31.9. The molecule has 4 aromatic rings. The Hall–Kier alpha value is -4.43. The van der Waals surface area contributed by atoms with E-state index >= 15 is 0 Å². The van der Waals surface area contributed by atoms with Crippen LogP contribution in [0.3, 0.4) is 0 Å². The third kappa shape index (κ3) is 7.94. The van der Waals surface area contributed by atoms with Gasteiger partial charge < -0.3 is 10.2 Å². The van der Waals surface area contributed by atoms with Gasteiger partial charge in [0, 0.05) is 19.5 Å². The number of rotatable bonds is 12. The van der Waals surface area contributed by atoms with Crippen LogP contribution in [0.2, 0.25) is 0 Å². The molecule has 0 saturated carbocycles. The molecule has 7 nitrogen and oxygen atoms in total. The van der Waals surface area contributed by atoms with Gasteiger partial charge in [-0.1, -0.05) is 78.4 Å². The van der Waals surface area contributed by atoms with Crippen molar-refractivity contribution in [3.63, 3.8) is 0 Å². The molecule has 1 N–H and O–H groups in total. The van der Waals surface area contributed by atoms with Crippen molar-refractivity contribution in [2.75, 3.05) is 17.4 Å². The SMILES string of the molecule is CCNC(=O)[C@@H](Cc1ccccc1)N(Cc1ccccc1C)C(=O)CN(c1cc(C)cc(C)c1)S(=O)(=O)c1ccc(C)cc1. The summed E-state index contributed by atoms with van der Waals surface area (Å²) in [5.41, 5.74) is 5.80. The number of anilines is 1. The summed E-state index contributed by atoms with van der Waals surface area (Å²) >= 11 is 0. The van der Waals surface area contributed by atoms with Crippen molar-refractivity contribution in [2.24, 2.45) is 0 Å². The smallest absolute Gasteiger partial charge is 0.264 e. The molecule has 4 rings (SSSR count). The standard InChI is InChI=1S/C36H41N3O4S/c1-6-37-36(41)34(23-30-13-8-7-9-14-30)38(24-31-15-11-10-12-29(31)5)35(40)25-39(32-21-27(3)20-28(4)22-32)44(42,43)33-18-16-26(2)17-19-33/h7-22,34H,6,23-25H2,1-5H3,(H,37,41)/t34-/m1/s1. The van der Waals surface area contributed by atoms with Crippen LogP contribution in [0.1, 0.15) is 40.3 Å². The summed E-state index contributed by atoms with van der Waals surface area (Å²) in [5.74, 6) is -0.770. The Morgan fingerprint density at radius 2 is 1.39 bits per heavy atom. The zero-order valence-corrected chi connectivity index (χ0v) is 26.9. The number of amides is 2. The maximum atomic E-state index is 14.5. The van der Waals surface area contributed by atoms with Crippen LogP contribution in [-0.2, 0) is 32.6 Å². The lowest BCUT2D eigenvalue weighted by Crippen LogP contribution is -2.53. The van der Waals surface area contributed by atoms with E-state index in [1.165, 1.54) is 9.21 Å². The van der Waals surface area contributed by atoms with Crippen molar-refractivity contribution in [3.05, 3.63) is 130 Å². The molecule has 4 aromatic carbocycles. The number of nitrogens with one attached hydrogen (secondary N) is 1. The molecule has 2 amide bonds. The molecule has 0 aliphatic rings. The molecule has 0 heterocycles. The van der Waals surface area contributed by atoms with Crippen LogP contribution < -0.4 is 9.62 Å². The summed E-state index contributed by atoms with van der Waals surface area (Å²) in [6.07, 6.45) is 0.276. The number of carbonyl (C=O) groups is 2. The average molecular weight is 612 g/mol. The molecular weight excluding hydrogens is 570 g/mol. The maximum Gasteiger partial charge on any atom is 0.264 e. The molecular formula is C36H41N3O4S. The monoisotopic (exact) mass is 611 g/mol. The third-order valence-electron chi connectivity index (χ3n) is 7.61. The molecule has 0 aromatic heterocycles. The number of aryl methyl sites for hydroxylation is 4. The van der Waals surface area contributed by atoms with Crippen LogP contribution in [0.4, 0.5) is 5.69 Å². The van der Waals surface area contributed by atoms with E-state index in [0.717, 1.165) is 33.4 Å². The van der Waals surface area contributed by atoms with Gasteiger partial charge in [-0.3, -0.25) is 13.9 Å². The summed E-state index contributed by atoms with van der Waals surface area (Å²) in [6, 6.07) is 28.5. The predicted octanol–water partition coefficient (Wildman–Crippen LogP) is 5.89. The highest BCUT2D eigenvalue weighted by Crippen LogP contribution is 2.27. The van der Waals surface area contributed by atoms with E-state index < -0.39 is 28.5 Å². The largest absolute Gasteiger partial charge is 0.355 e. The average Bonchev–Trinajstić information content (AvgIpc) is 2.98. The van der Waals surface area contributed by atoms with Crippen LogP contribution >= 0.6 is 0 Å². The summed E-state index contributed by atoms with van der Waals surface area (Å²) in [7, 11) is -4.14. The summed E-state index contributed by atoms with van der Waals surface area (Å²) in [4.78, 5) is 29.8. The molecule has 0 bridgehead atoms. The lowest BCUT2D eigenvalue weighted by molar-refractivity contribution is -0.140. The van der Waals surface area contributed by atoms with Crippen LogP contribution in [0, 0.1) is 27.7 Å². The van der Waals surface area contributed by atoms with Gasteiger partial charge in [-0.2, -0.15) is 0 Å². The normalized spacial score (nSPS) is 11.9. The van der Waals surface area contributed by atoms with Gasteiger partial charge in [0.05, 0.1) is 10.6 Å². The number of benzene rings is 4. The molecule has 0 aliphatic carbocycles. The first-order valence-corrected chi connectivity index (χ1v) is 16.3. The van der Waals surface area contributed by atoms with E-state index in [0.29, 0.717) is 12.2 Å². The van der Waals surface area contributed by atoms with E-state index in [1.807, 2.05) is 95.3 Å².